The Morgan fingerprint density at radius 3 is 2.60 bits per heavy atom. The van der Waals surface area contributed by atoms with Gasteiger partial charge < -0.3 is 25.3 Å². The number of likely N-dealkylation sites (N-methyl/N-ethyl adjacent to an activating group) is 1. The molecule has 0 bridgehead atoms. The van der Waals surface area contributed by atoms with Crippen LogP contribution in [0.2, 0.25) is 0 Å². The van der Waals surface area contributed by atoms with Crippen LogP contribution in [0.1, 0.15) is 117 Å². The number of rotatable bonds is 15. The number of methoxy groups -OCH3 is 1. The molecule has 0 spiro atoms. The molecular formula is C39H56N6O3. The third-order valence-electron chi connectivity index (χ3n) is 10.6. The van der Waals surface area contributed by atoms with Gasteiger partial charge in [-0.05, 0) is 92.0 Å². The molecule has 2 aliphatic rings. The molecule has 1 aliphatic carbocycles. The summed E-state index contributed by atoms with van der Waals surface area (Å²) in [4.78, 5) is 37.7. The summed E-state index contributed by atoms with van der Waals surface area (Å²) in [6.45, 7) is 10.1. The molecule has 0 saturated heterocycles. The second-order valence-electron chi connectivity index (χ2n) is 14.9. The van der Waals surface area contributed by atoms with Crippen LogP contribution < -0.4 is 11.1 Å². The van der Waals surface area contributed by atoms with Crippen molar-refractivity contribution in [3.8, 4) is 0 Å². The molecule has 1 aliphatic heterocycles. The third kappa shape index (κ3) is 7.84. The first-order valence-corrected chi connectivity index (χ1v) is 17.9. The van der Waals surface area contributed by atoms with Crippen molar-refractivity contribution < 1.29 is 14.3 Å². The van der Waals surface area contributed by atoms with Crippen LogP contribution in [0.5, 0.6) is 0 Å². The topological polar surface area (TPSA) is 115 Å². The van der Waals surface area contributed by atoms with E-state index in [9.17, 15) is 9.59 Å². The normalized spacial score (nSPS) is 17.3. The van der Waals surface area contributed by atoms with E-state index < -0.39 is 5.41 Å². The van der Waals surface area contributed by atoms with E-state index in [2.05, 4.69) is 55.1 Å². The SMILES string of the molecule is CN[C@H](COC)CN1CCc2cc3c(cc2C1=O)nc(C1=Cc2ccc(C(C)C)nc2CCC1CCCCCCC(C)(C)C(N)=O)n3C. The van der Waals surface area contributed by atoms with Crippen molar-refractivity contribution in [3.05, 3.63) is 58.2 Å². The lowest BCUT2D eigenvalue weighted by Crippen LogP contribution is -2.47. The number of benzene rings is 1. The van der Waals surface area contributed by atoms with Gasteiger partial charge in [-0.15, -0.1) is 0 Å². The van der Waals surface area contributed by atoms with Gasteiger partial charge in [-0.1, -0.05) is 59.4 Å². The van der Waals surface area contributed by atoms with Gasteiger partial charge in [0.15, 0.2) is 0 Å². The number of imidazole rings is 1. The summed E-state index contributed by atoms with van der Waals surface area (Å²) < 4.78 is 7.58. The number of primary amides is 1. The highest BCUT2D eigenvalue weighted by atomic mass is 16.5. The third-order valence-corrected chi connectivity index (χ3v) is 10.6. The number of amides is 2. The second kappa shape index (κ2) is 15.3. The fourth-order valence-electron chi connectivity index (χ4n) is 7.26. The summed E-state index contributed by atoms with van der Waals surface area (Å²) in [7, 11) is 5.71. The fourth-order valence-corrected chi connectivity index (χ4v) is 7.26. The molecular weight excluding hydrogens is 600 g/mol. The van der Waals surface area contributed by atoms with Crippen molar-refractivity contribution in [1.82, 2.24) is 24.8 Å². The number of aryl methyl sites for hydroxylation is 2. The van der Waals surface area contributed by atoms with Crippen molar-refractivity contribution in [1.29, 1.82) is 0 Å². The Kier molecular flexibility index (Phi) is 11.4. The predicted octanol–water partition coefficient (Wildman–Crippen LogP) is 6.28. The molecule has 1 aromatic carbocycles. The summed E-state index contributed by atoms with van der Waals surface area (Å²) in [5.74, 6) is 1.53. The van der Waals surface area contributed by atoms with E-state index in [1.54, 1.807) is 7.11 Å². The quantitative estimate of drug-likeness (QED) is 0.186. The van der Waals surface area contributed by atoms with E-state index in [1.807, 2.05) is 31.9 Å². The minimum atomic E-state index is -0.452. The van der Waals surface area contributed by atoms with Crippen LogP contribution in [0, 0.1) is 11.3 Å². The van der Waals surface area contributed by atoms with Gasteiger partial charge in [-0.25, -0.2) is 4.98 Å². The van der Waals surface area contributed by atoms with Crippen LogP contribution in [0.15, 0.2) is 24.3 Å². The number of allylic oxidation sites excluding steroid dienone is 1. The number of aromatic nitrogens is 3. The number of nitrogens with zero attached hydrogens (tertiary/aromatic N) is 4. The molecule has 1 unspecified atom stereocenters. The largest absolute Gasteiger partial charge is 0.383 e. The molecule has 3 aromatic rings. The number of carbonyl (C=O) groups is 2. The molecule has 48 heavy (non-hydrogen) atoms. The Hall–Kier alpha value is -3.56. The van der Waals surface area contributed by atoms with Crippen LogP contribution in [-0.4, -0.2) is 71.1 Å². The van der Waals surface area contributed by atoms with Gasteiger partial charge >= 0.3 is 0 Å². The Morgan fingerprint density at radius 1 is 1.12 bits per heavy atom. The van der Waals surface area contributed by atoms with Crippen LogP contribution in [0.25, 0.3) is 22.7 Å². The predicted molar refractivity (Wildman–Crippen MR) is 194 cm³/mol. The highest BCUT2D eigenvalue weighted by Gasteiger charge is 2.30. The molecule has 9 heteroatoms. The summed E-state index contributed by atoms with van der Waals surface area (Å²) in [6.07, 6.45) is 11.3. The summed E-state index contributed by atoms with van der Waals surface area (Å²) in [5, 5.41) is 3.27. The molecule has 2 aromatic heterocycles. The van der Waals surface area contributed by atoms with Crippen LogP contribution in [0.4, 0.5) is 0 Å². The lowest BCUT2D eigenvalue weighted by atomic mass is 9.85. The minimum absolute atomic E-state index is 0.0634. The van der Waals surface area contributed by atoms with Gasteiger partial charge in [-0.3, -0.25) is 14.6 Å². The van der Waals surface area contributed by atoms with E-state index in [1.165, 1.54) is 16.8 Å². The molecule has 0 radical (unpaired) electrons. The monoisotopic (exact) mass is 656 g/mol. The van der Waals surface area contributed by atoms with Gasteiger partial charge in [0.1, 0.15) is 5.82 Å². The maximum atomic E-state index is 13.7. The van der Waals surface area contributed by atoms with E-state index in [4.69, 9.17) is 20.4 Å². The van der Waals surface area contributed by atoms with Gasteiger partial charge in [0.2, 0.25) is 5.91 Å². The number of hydrogen-bond acceptors (Lipinski definition) is 6. The number of fused-ring (bicyclic) bond motifs is 3. The fraction of sp³-hybridized carbons (Fsp3) is 0.590. The molecule has 2 amide bonds. The maximum absolute atomic E-state index is 13.7. The molecule has 3 N–H and O–H groups in total. The number of unbranched alkanes of at least 4 members (excludes halogenated alkanes) is 3. The van der Waals surface area contributed by atoms with Crippen molar-refractivity contribution in [3.63, 3.8) is 0 Å². The van der Waals surface area contributed by atoms with E-state index in [-0.39, 0.29) is 17.9 Å². The molecule has 0 saturated carbocycles. The average Bonchev–Trinajstić information content (AvgIpc) is 3.25. The lowest BCUT2D eigenvalue weighted by molar-refractivity contribution is -0.126. The van der Waals surface area contributed by atoms with Crippen molar-refractivity contribution >= 4 is 34.5 Å². The van der Waals surface area contributed by atoms with Crippen molar-refractivity contribution in [2.45, 2.75) is 97.4 Å². The summed E-state index contributed by atoms with van der Waals surface area (Å²) in [5.41, 5.74) is 13.6. The van der Waals surface area contributed by atoms with Gasteiger partial charge in [0.25, 0.3) is 5.91 Å². The zero-order valence-electron chi connectivity index (χ0n) is 30.2. The average molecular weight is 657 g/mol. The Bertz CT molecular complexity index is 1650. The summed E-state index contributed by atoms with van der Waals surface area (Å²) in [6, 6.07) is 8.68. The number of hydrogen-bond donors (Lipinski definition) is 2. The van der Waals surface area contributed by atoms with Crippen LogP contribution in [-0.2, 0) is 29.4 Å². The number of nitrogens with two attached hydrogens (primary N) is 1. The van der Waals surface area contributed by atoms with Crippen LogP contribution >= 0.6 is 0 Å². The first kappa shape index (κ1) is 35.7. The highest BCUT2D eigenvalue weighted by molar-refractivity contribution is 6.00. The Morgan fingerprint density at radius 2 is 1.90 bits per heavy atom. The highest BCUT2D eigenvalue weighted by Crippen LogP contribution is 2.38. The minimum Gasteiger partial charge on any atom is -0.383 e. The number of ether oxygens (including phenoxy) is 1. The smallest absolute Gasteiger partial charge is 0.254 e. The number of nitrogens with one attached hydrogen (secondary N) is 1. The first-order valence-electron chi connectivity index (χ1n) is 17.9. The molecule has 2 atom stereocenters. The second-order valence-corrected chi connectivity index (χ2v) is 14.9. The molecule has 0 fully saturated rings. The Balaban J connectivity index is 1.42. The van der Waals surface area contributed by atoms with Gasteiger partial charge in [-0.2, -0.15) is 0 Å². The first-order chi connectivity index (χ1) is 22.9. The zero-order chi connectivity index (χ0) is 34.6. The van der Waals surface area contributed by atoms with Gasteiger partial charge in [0.05, 0.1) is 17.6 Å². The Labute approximate surface area is 286 Å². The van der Waals surface area contributed by atoms with Gasteiger partial charge in [0, 0.05) is 55.7 Å². The maximum Gasteiger partial charge on any atom is 0.254 e. The van der Waals surface area contributed by atoms with E-state index in [0.717, 1.165) is 91.5 Å². The van der Waals surface area contributed by atoms with Crippen LogP contribution in [0.3, 0.4) is 0 Å². The summed E-state index contributed by atoms with van der Waals surface area (Å²) >= 11 is 0. The van der Waals surface area contributed by atoms with Crippen molar-refractivity contribution in [2.24, 2.45) is 24.1 Å². The molecule has 3 heterocycles. The number of pyridine rings is 1. The lowest BCUT2D eigenvalue weighted by Gasteiger charge is -2.31. The molecule has 5 rings (SSSR count). The number of carbonyl (C=O) groups excluding carboxylic acids is 2. The molecule has 260 valence electrons. The standard InChI is InChI=1S/C39H56N6O3/c1-25(2)32-15-14-28-20-30(26(13-16-33(28)42-32)12-10-8-9-11-18-39(3,4)38(40)47)36-43-34-22-31-27(21-35(34)44(36)6)17-19-45(37(31)46)23-29(41-5)24-48-7/h14-15,20-22,25-26,29,41H,8-13,16-19,23-24H2,1-7H3,(H2,40,47)/t26?,29-/m0/s1. The molecule has 9 nitrogen and oxygen atoms in total. The van der Waals surface area contributed by atoms with E-state index >= 15 is 0 Å². The zero-order valence-corrected chi connectivity index (χ0v) is 30.2. The van der Waals surface area contributed by atoms with E-state index in [0.29, 0.717) is 31.5 Å². The van der Waals surface area contributed by atoms with Crippen molar-refractivity contribution in [2.75, 3.05) is 33.9 Å².